The van der Waals surface area contributed by atoms with E-state index < -0.39 is 5.97 Å². The van der Waals surface area contributed by atoms with Crippen molar-refractivity contribution in [1.82, 2.24) is 0 Å². The largest absolute Gasteiger partial charge is 0.493 e. The van der Waals surface area contributed by atoms with Crippen molar-refractivity contribution in [2.45, 2.75) is 19.8 Å². The molecule has 0 fully saturated rings. The summed E-state index contributed by atoms with van der Waals surface area (Å²) in [6.07, 6.45) is 0.504. The van der Waals surface area contributed by atoms with E-state index in [9.17, 15) is 9.59 Å². The predicted molar refractivity (Wildman–Crippen MR) is 58.8 cm³/mol. The normalized spacial score (nSPS) is 9.81. The molecule has 4 nitrogen and oxygen atoms in total. The lowest BCUT2D eigenvalue weighted by Gasteiger charge is -2.08. The van der Waals surface area contributed by atoms with Crippen LogP contribution in [0.2, 0.25) is 0 Å². The van der Waals surface area contributed by atoms with Crippen molar-refractivity contribution in [1.29, 1.82) is 0 Å². The molecule has 0 aliphatic carbocycles. The molecule has 0 bridgehead atoms. The highest BCUT2D eigenvalue weighted by Gasteiger charge is 2.07. The first kappa shape index (κ1) is 12.2. The van der Waals surface area contributed by atoms with Gasteiger partial charge in [-0.1, -0.05) is 12.1 Å². The highest BCUT2D eigenvalue weighted by Crippen LogP contribution is 2.18. The van der Waals surface area contributed by atoms with E-state index in [0.717, 1.165) is 0 Å². The zero-order valence-electron chi connectivity index (χ0n) is 9.10. The maximum atomic E-state index is 11.2. The molecule has 0 amide bonds. The summed E-state index contributed by atoms with van der Waals surface area (Å²) in [5.74, 6) is -0.391. The lowest BCUT2D eigenvalue weighted by molar-refractivity contribution is -0.137. The zero-order valence-corrected chi connectivity index (χ0v) is 9.10. The van der Waals surface area contributed by atoms with Gasteiger partial charge in [0.05, 0.1) is 12.2 Å². The molecule has 0 unspecified atom stereocenters. The van der Waals surface area contributed by atoms with Crippen molar-refractivity contribution < 1.29 is 19.4 Å². The third kappa shape index (κ3) is 3.73. The number of hydrogen-bond acceptors (Lipinski definition) is 3. The molecule has 1 N–H and O–H groups in total. The molecule has 0 spiro atoms. The lowest BCUT2D eigenvalue weighted by atomic mass is 10.1. The van der Waals surface area contributed by atoms with Crippen LogP contribution < -0.4 is 4.74 Å². The molecule has 16 heavy (non-hydrogen) atoms. The summed E-state index contributed by atoms with van der Waals surface area (Å²) in [6.45, 7) is 1.77. The van der Waals surface area contributed by atoms with Crippen molar-refractivity contribution in [3.8, 4) is 5.75 Å². The van der Waals surface area contributed by atoms with Gasteiger partial charge in [0, 0.05) is 6.42 Å². The molecule has 0 aliphatic rings. The first-order valence-electron chi connectivity index (χ1n) is 5.06. The number of carbonyl (C=O) groups is 2. The van der Waals surface area contributed by atoms with Gasteiger partial charge in [-0.2, -0.15) is 0 Å². The molecule has 1 aromatic carbocycles. The molecule has 1 aromatic rings. The number of carboxylic acid groups (broad SMARTS) is 1. The molecule has 0 heterocycles. The summed E-state index contributed by atoms with van der Waals surface area (Å²) in [4.78, 5) is 21.5. The molecular weight excluding hydrogens is 208 g/mol. The van der Waals surface area contributed by atoms with Crippen LogP contribution in [-0.4, -0.2) is 23.5 Å². The molecule has 0 atom stereocenters. The highest BCUT2D eigenvalue weighted by atomic mass is 16.5. The molecule has 1 rings (SSSR count). The number of para-hydroxylation sites is 1. The van der Waals surface area contributed by atoms with Gasteiger partial charge in [0.15, 0.2) is 5.78 Å². The Morgan fingerprint density at radius 1 is 1.31 bits per heavy atom. The first-order valence-corrected chi connectivity index (χ1v) is 5.06. The Morgan fingerprint density at radius 2 is 2.00 bits per heavy atom. The Kier molecular flexibility index (Phi) is 4.51. The Bertz CT molecular complexity index is 384. The van der Waals surface area contributed by atoms with E-state index in [-0.39, 0.29) is 12.2 Å². The third-order valence-corrected chi connectivity index (χ3v) is 2.06. The van der Waals surface area contributed by atoms with Crippen LogP contribution in [-0.2, 0) is 4.79 Å². The molecule has 0 aromatic heterocycles. The van der Waals surface area contributed by atoms with Gasteiger partial charge < -0.3 is 9.84 Å². The van der Waals surface area contributed by atoms with Crippen molar-refractivity contribution >= 4 is 11.8 Å². The van der Waals surface area contributed by atoms with Gasteiger partial charge in [-0.15, -0.1) is 0 Å². The molecule has 0 saturated heterocycles. The van der Waals surface area contributed by atoms with E-state index in [2.05, 4.69) is 0 Å². The fourth-order valence-electron chi connectivity index (χ4n) is 1.29. The molecule has 86 valence electrons. The van der Waals surface area contributed by atoms with Gasteiger partial charge in [-0.25, -0.2) is 0 Å². The van der Waals surface area contributed by atoms with Crippen LogP contribution >= 0.6 is 0 Å². The number of hydrogen-bond donors (Lipinski definition) is 1. The third-order valence-electron chi connectivity index (χ3n) is 2.06. The van der Waals surface area contributed by atoms with Crippen LogP contribution in [0.4, 0.5) is 0 Å². The summed E-state index contributed by atoms with van der Waals surface area (Å²) in [7, 11) is 0. The Balaban J connectivity index is 2.53. The van der Waals surface area contributed by atoms with Gasteiger partial charge in [0.2, 0.25) is 0 Å². The number of carboxylic acids is 1. The van der Waals surface area contributed by atoms with Gasteiger partial charge >= 0.3 is 5.97 Å². The molecule has 0 radical (unpaired) electrons. The molecule has 0 aliphatic heterocycles. The SMILES string of the molecule is CC(=O)c1ccccc1OCCCC(=O)O. The van der Waals surface area contributed by atoms with Gasteiger partial charge in [0.25, 0.3) is 0 Å². The van der Waals surface area contributed by atoms with E-state index in [1.54, 1.807) is 24.3 Å². The van der Waals surface area contributed by atoms with Crippen LogP contribution in [0.25, 0.3) is 0 Å². The minimum absolute atomic E-state index is 0.0613. The van der Waals surface area contributed by atoms with Crippen molar-refractivity contribution in [2.75, 3.05) is 6.61 Å². The minimum Gasteiger partial charge on any atom is -0.493 e. The fraction of sp³-hybridized carbons (Fsp3) is 0.333. The summed E-state index contributed by atoms with van der Waals surface area (Å²) in [5, 5.41) is 8.44. The standard InChI is InChI=1S/C12H14O4/c1-9(13)10-5-2-3-6-11(10)16-8-4-7-12(14)15/h2-3,5-6H,4,7-8H2,1H3,(H,14,15). The first-order chi connectivity index (χ1) is 7.61. The smallest absolute Gasteiger partial charge is 0.303 e. The van der Waals surface area contributed by atoms with Crippen LogP contribution in [0.3, 0.4) is 0 Å². The van der Waals surface area contributed by atoms with Crippen molar-refractivity contribution in [2.24, 2.45) is 0 Å². The maximum absolute atomic E-state index is 11.2. The minimum atomic E-state index is -0.844. The number of rotatable bonds is 6. The highest BCUT2D eigenvalue weighted by molar-refractivity contribution is 5.96. The van der Waals surface area contributed by atoms with E-state index >= 15 is 0 Å². The summed E-state index contributed by atoms with van der Waals surface area (Å²) in [5.41, 5.74) is 0.526. The fourth-order valence-corrected chi connectivity index (χ4v) is 1.29. The monoisotopic (exact) mass is 222 g/mol. The number of ketones is 1. The van der Waals surface area contributed by atoms with Gasteiger partial charge in [0.1, 0.15) is 5.75 Å². The Labute approximate surface area is 93.9 Å². The van der Waals surface area contributed by atoms with Gasteiger partial charge in [-0.3, -0.25) is 9.59 Å². The van der Waals surface area contributed by atoms with Crippen LogP contribution in [0.15, 0.2) is 24.3 Å². The topological polar surface area (TPSA) is 63.6 Å². The van der Waals surface area contributed by atoms with Crippen molar-refractivity contribution in [3.63, 3.8) is 0 Å². The van der Waals surface area contributed by atoms with Crippen LogP contribution in [0.5, 0.6) is 5.75 Å². The lowest BCUT2D eigenvalue weighted by Crippen LogP contribution is -2.05. The maximum Gasteiger partial charge on any atom is 0.303 e. The molecular formula is C12H14O4. The predicted octanol–water partition coefficient (Wildman–Crippen LogP) is 2.13. The Hall–Kier alpha value is -1.84. The quantitative estimate of drug-likeness (QED) is 0.591. The second kappa shape index (κ2) is 5.90. The second-order valence-corrected chi connectivity index (χ2v) is 3.40. The van der Waals surface area contributed by atoms with Crippen LogP contribution in [0.1, 0.15) is 30.1 Å². The zero-order chi connectivity index (χ0) is 12.0. The molecule has 4 heteroatoms. The summed E-state index contributed by atoms with van der Waals surface area (Å²) in [6, 6.07) is 6.94. The van der Waals surface area contributed by atoms with E-state index in [1.807, 2.05) is 0 Å². The average molecular weight is 222 g/mol. The second-order valence-electron chi connectivity index (χ2n) is 3.40. The number of benzene rings is 1. The summed E-state index contributed by atoms with van der Waals surface area (Å²) >= 11 is 0. The van der Waals surface area contributed by atoms with Crippen LogP contribution in [0, 0.1) is 0 Å². The van der Waals surface area contributed by atoms with Gasteiger partial charge in [-0.05, 0) is 25.5 Å². The number of ether oxygens (including phenoxy) is 1. The number of Topliss-reactive ketones (excluding diaryl/α,β-unsaturated/α-hetero) is 1. The van der Waals surface area contributed by atoms with E-state index in [1.165, 1.54) is 6.92 Å². The summed E-state index contributed by atoms with van der Waals surface area (Å²) < 4.78 is 5.36. The van der Waals surface area contributed by atoms with E-state index in [4.69, 9.17) is 9.84 Å². The average Bonchev–Trinajstić information content (AvgIpc) is 2.24. The number of carbonyl (C=O) groups excluding carboxylic acids is 1. The Morgan fingerprint density at radius 3 is 2.62 bits per heavy atom. The van der Waals surface area contributed by atoms with E-state index in [0.29, 0.717) is 24.3 Å². The number of aliphatic carboxylic acids is 1. The molecule has 0 saturated carbocycles. The van der Waals surface area contributed by atoms with Crippen molar-refractivity contribution in [3.05, 3.63) is 29.8 Å².